The summed E-state index contributed by atoms with van der Waals surface area (Å²) in [5, 5.41) is 7.40. The van der Waals surface area contributed by atoms with Crippen molar-refractivity contribution in [3.63, 3.8) is 0 Å². The van der Waals surface area contributed by atoms with Crippen molar-refractivity contribution in [3.05, 3.63) is 11.3 Å². The maximum Gasteiger partial charge on any atom is 0.225 e. The summed E-state index contributed by atoms with van der Waals surface area (Å²) in [4.78, 5) is 2.37. The summed E-state index contributed by atoms with van der Waals surface area (Å²) in [5.74, 6) is 0.837. The number of nitrogens with two attached hydrogens (primary N) is 1. The van der Waals surface area contributed by atoms with Crippen LogP contribution in [0.4, 0.5) is 5.88 Å². The molecular formula is C11H20N4O. The third-order valence-corrected chi connectivity index (χ3v) is 2.99. The SMILES string of the molecule is CC(C)c1c(CN2CCNCC2)noc1N. The number of nitrogens with zero attached hydrogens (tertiary/aromatic N) is 2. The summed E-state index contributed by atoms with van der Waals surface area (Å²) in [6.07, 6.45) is 0. The van der Waals surface area contributed by atoms with Gasteiger partial charge in [0.15, 0.2) is 0 Å². The first-order valence-electron chi connectivity index (χ1n) is 5.85. The summed E-state index contributed by atoms with van der Waals surface area (Å²) in [5.41, 5.74) is 7.85. The van der Waals surface area contributed by atoms with Crippen LogP contribution in [0.2, 0.25) is 0 Å². The van der Waals surface area contributed by atoms with E-state index >= 15 is 0 Å². The Morgan fingerprint density at radius 1 is 1.44 bits per heavy atom. The van der Waals surface area contributed by atoms with Gasteiger partial charge < -0.3 is 15.6 Å². The highest BCUT2D eigenvalue weighted by Crippen LogP contribution is 2.26. The maximum absolute atomic E-state index is 5.79. The molecule has 5 nitrogen and oxygen atoms in total. The zero-order valence-electron chi connectivity index (χ0n) is 9.99. The molecule has 2 heterocycles. The molecule has 0 unspecified atom stereocenters. The van der Waals surface area contributed by atoms with Gasteiger partial charge in [0.1, 0.15) is 5.69 Å². The van der Waals surface area contributed by atoms with Crippen LogP contribution in [0.15, 0.2) is 4.52 Å². The molecule has 3 N–H and O–H groups in total. The Balaban J connectivity index is 2.08. The Bertz CT molecular complexity index is 342. The van der Waals surface area contributed by atoms with Crippen molar-refractivity contribution in [1.29, 1.82) is 0 Å². The van der Waals surface area contributed by atoms with Crippen molar-refractivity contribution >= 4 is 5.88 Å². The van der Waals surface area contributed by atoms with Crippen LogP contribution in [-0.4, -0.2) is 36.2 Å². The van der Waals surface area contributed by atoms with Crippen molar-refractivity contribution in [1.82, 2.24) is 15.4 Å². The molecule has 1 aliphatic heterocycles. The Labute approximate surface area is 96.0 Å². The quantitative estimate of drug-likeness (QED) is 0.794. The van der Waals surface area contributed by atoms with E-state index in [1.54, 1.807) is 0 Å². The number of anilines is 1. The fourth-order valence-electron chi connectivity index (χ4n) is 2.16. The van der Waals surface area contributed by atoms with Gasteiger partial charge in [0, 0.05) is 38.3 Å². The average molecular weight is 224 g/mol. The average Bonchev–Trinajstić information content (AvgIpc) is 2.61. The molecule has 1 saturated heterocycles. The molecule has 90 valence electrons. The van der Waals surface area contributed by atoms with Crippen LogP contribution in [0.1, 0.15) is 31.0 Å². The smallest absolute Gasteiger partial charge is 0.225 e. The number of hydrogen-bond donors (Lipinski definition) is 2. The number of piperazine rings is 1. The standard InChI is InChI=1S/C11H20N4O/c1-8(2)10-9(14-16-11(10)12)7-15-5-3-13-4-6-15/h8,13H,3-7,12H2,1-2H3. The third-order valence-electron chi connectivity index (χ3n) is 2.99. The third kappa shape index (κ3) is 2.36. The lowest BCUT2D eigenvalue weighted by Crippen LogP contribution is -2.43. The fourth-order valence-corrected chi connectivity index (χ4v) is 2.16. The fraction of sp³-hybridized carbons (Fsp3) is 0.727. The highest BCUT2D eigenvalue weighted by molar-refractivity contribution is 5.41. The minimum atomic E-state index is 0.365. The van der Waals surface area contributed by atoms with Gasteiger partial charge in [-0.25, -0.2) is 0 Å². The Morgan fingerprint density at radius 2 is 2.12 bits per heavy atom. The Hall–Kier alpha value is -1.07. The second-order valence-corrected chi connectivity index (χ2v) is 4.59. The van der Waals surface area contributed by atoms with Crippen LogP contribution < -0.4 is 11.1 Å². The van der Waals surface area contributed by atoms with Gasteiger partial charge in [-0.05, 0) is 5.92 Å². The second-order valence-electron chi connectivity index (χ2n) is 4.59. The molecule has 0 bridgehead atoms. The van der Waals surface area contributed by atoms with Gasteiger partial charge >= 0.3 is 0 Å². The first-order valence-corrected chi connectivity index (χ1v) is 5.85. The molecule has 0 radical (unpaired) electrons. The molecular weight excluding hydrogens is 204 g/mol. The van der Waals surface area contributed by atoms with Crippen molar-refractivity contribution in [3.8, 4) is 0 Å². The number of nitrogen functional groups attached to an aromatic ring is 1. The van der Waals surface area contributed by atoms with Gasteiger partial charge in [-0.1, -0.05) is 19.0 Å². The summed E-state index contributed by atoms with van der Waals surface area (Å²) in [7, 11) is 0. The molecule has 0 atom stereocenters. The molecule has 1 fully saturated rings. The minimum Gasteiger partial charge on any atom is -0.367 e. The predicted octanol–water partition coefficient (Wildman–Crippen LogP) is 0.785. The molecule has 0 amide bonds. The molecule has 0 saturated carbocycles. The predicted molar refractivity (Wildman–Crippen MR) is 63.2 cm³/mol. The second kappa shape index (κ2) is 4.84. The zero-order valence-corrected chi connectivity index (χ0v) is 9.99. The summed E-state index contributed by atoms with van der Waals surface area (Å²) >= 11 is 0. The highest BCUT2D eigenvalue weighted by atomic mass is 16.5. The highest BCUT2D eigenvalue weighted by Gasteiger charge is 2.19. The van der Waals surface area contributed by atoms with Crippen molar-refractivity contribution in [2.24, 2.45) is 0 Å². The van der Waals surface area contributed by atoms with E-state index in [9.17, 15) is 0 Å². The summed E-state index contributed by atoms with van der Waals surface area (Å²) in [6, 6.07) is 0. The number of nitrogens with one attached hydrogen (secondary N) is 1. The van der Waals surface area contributed by atoms with E-state index in [0.29, 0.717) is 11.8 Å². The van der Waals surface area contributed by atoms with Crippen LogP contribution in [0.3, 0.4) is 0 Å². The van der Waals surface area contributed by atoms with E-state index in [1.807, 2.05) is 0 Å². The molecule has 0 aliphatic carbocycles. The monoisotopic (exact) mass is 224 g/mol. The first kappa shape index (κ1) is 11.4. The van der Waals surface area contributed by atoms with E-state index in [0.717, 1.165) is 44.0 Å². The molecule has 16 heavy (non-hydrogen) atoms. The molecule has 0 spiro atoms. The van der Waals surface area contributed by atoms with Crippen LogP contribution in [0.5, 0.6) is 0 Å². The van der Waals surface area contributed by atoms with Gasteiger partial charge in [0.05, 0.1) is 0 Å². The van der Waals surface area contributed by atoms with Gasteiger partial charge in [-0.2, -0.15) is 0 Å². The van der Waals surface area contributed by atoms with Gasteiger partial charge in [-0.15, -0.1) is 0 Å². The van der Waals surface area contributed by atoms with E-state index in [1.165, 1.54) is 0 Å². The topological polar surface area (TPSA) is 67.3 Å². The number of aromatic nitrogens is 1. The maximum atomic E-state index is 5.79. The van der Waals surface area contributed by atoms with Crippen LogP contribution in [0.25, 0.3) is 0 Å². The lowest BCUT2D eigenvalue weighted by molar-refractivity contribution is 0.226. The molecule has 1 aromatic heterocycles. The summed E-state index contributed by atoms with van der Waals surface area (Å²) < 4.78 is 5.08. The largest absolute Gasteiger partial charge is 0.367 e. The Morgan fingerprint density at radius 3 is 2.75 bits per heavy atom. The van der Waals surface area contributed by atoms with Crippen molar-refractivity contribution < 1.29 is 4.52 Å². The van der Waals surface area contributed by atoms with Crippen LogP contribution >= 0.6 is 0 Å². The number of rotatable bonds is 3. The van der Waals surface area contributed by atoms with E-state index in [2.05, 4.69) is 29.2 Å². The molecule has 2 rings (SSSR count). The lowest BCUT2D eigenvalue weighted by atomic mass is 10.0. The van der Waals surface area contributed by atoms with Gasteiger partial charge in [-0.3, -0.25) is 4.90 Å². The molecule has 1 aromatic rings. The normalized spacial score (nSPS) is 18.2. The van der Waals surface area contributed by atoms with Crippen LogP contribution in [0, 0.1) is 0 Å². The Kier molecular flexibility index (Phi) is 3.46. The van der Waals surface area contributed by atoms with E-state index < -0.39 is 0 Å². The van der Waals surface area contributed by atoms with Crippen LogP contribution in [-0.2, 0) is 6.54 Å². The number of hydrogen-bond acceptors (Lipinski definition) is 5. The van der Waals surface area contributed by atoms with E-state index in [4.69, 9.17) is 10.3 Å². The van der Waals surface area contributed by atoms with Crippen molar-refractivity contribution in [2.45, 2.75) is 26.3 Å². The minimum absolute atomic E-state index is 0.365. The van der Waals surface area contributed by atoms with E-state index in [-0.39, 0.29) is 0 Å². The van der Waals surface area contributed by atoms with Gasteiger partial charge in [0.25, 0.3) is 0 Å². The molecule has 1 aliphatic rings. The summed E-state index contributed by atoms with van der Waals surface area (Å²) in [6.45, 7) is 9.29. The van der Waals surface area contributed by atoms with Crippen molar-refractivity contribution in [2.75, 3.05) is 31.9 Å². The molecule has 5 heteroatoms. The first-order chi connectivity index (χ1) is 7.68. The lowest BCUT2D eigenvalue weighted by Gasteiger charge is -2.26. The van der Waals surface area contributed by atoms with Gasteiger partial charge in [0.2, 0.25) is 5.88 Å². The molecule has 0 aromatic carbocycles. The zero-order chi connectivity index (χ0) is 11.5.